The number of hydrogen-bond donors (Lipinski definition) is 0. The fourth-order valence-corrected chi connectivity index (χ4v) is 1.82. The molecule has 0 aliphatic carbocycles. The second-order valence-corrected chi connectivity index (χ2v) is 3.52. The molecule has 0 bridgehead atoms. The van der Waals surface area contributed by atoms with Crippen molar-refractivity contribution in [2.24, 2.45) is 0 Å². The SMILES string of the molecule is CC(=O)n1c(C)cc(=O)c2ccccc21. The summed E-state index contributed by atoms with van der Waals surface area (Å²) in [5, 5.41) is 0.582. The number of para-hydroxylation sites is 1. The molecule has 0 unspecified atom stereocenters. The fourth-order valence-electron chi connectivity index (χ4n) is 1.82. The Morgan fingerprint density at radius 1 is 1.27 bits per heavy atom. The maximum Gasteiger partial charge on any atom is 0.228 e. The van der Waals surface area contributed by atoms with E-state index in [1.807, 2.05) is 6.07 Å². The van der Waals surface area contributed by atoms with Gasteiger partial charge in [-0.3, -0.25) is 14.2 Å². The number of nitrogens with zero attached hydrogens (tertiary/aromatic N) is 1. The van der Waals surface area contributed by atoms with Crippen molar-refractivity contribution in [3.8, 4) is 0 Å². The third-order valence-electron chi connectivity index (χ3n) is 2.42. The summed E-state index contributed by atoms with van der Waals surface area (Å²) < 4.78 is 1.55. The molecule has 0 aliphatic heterocycles. The molecule has 1 aromatic carbocycles. The van der Waals surface area contributed by atoms with E-state index >= 15 is 0 Å². The topological polar surface area (TPSA) is 39.1 Å². The molecule has 2 aromatic rings. The lowest BCUT2D eigenvalue weighted by Crippen LogP contribution is -2.16. The first-order valence-corrected chi connectivity index (χ1v) is 4.73. The van der Waals surface area contributed by atoms with Crippen molar-refractivity contribution < 1.29 is 4.79 Å². The molecule has 0 saturated carbocycles. The normalized spacial score (nSPS) is 10.5. The molecule has 0 saturated heterocycles. The zero-order valence-corrected chi connectivity index (χ0v) is 8.65. The number of rotatable bonds is 0. The Kier molecular flexibility index (Phi) is 2.15. The number of aromatic nitrogens is 1. The van der Waals surface area contributed by atoms with Gasteiger partial charge in [0.2, 0.25) is 5.91 Å². The van der Waals surface area contributed by atoms with Gasteiger partial charge < -0.3 is 0 Å². The van der Waals surface area contributed by atoms with E-state index in [-0.39, 0.29) is 11.3 Å². The molecule has 3 heteroatoms. The van der Waals surface area contributed by atoms with Gasteiger partial charge in [-0.15, -0.1) is 0 Å². The highest BCUT2D eigenvalue weighted by Gasteiger charge is 2.08. The lowest BCUT2D eigenvalue weighted by atomic mass is 10.2. The number of benzene rings is 1. The van der Waals surface area contributed by atoms with E-state index in [2.05, 4.69) is 0 Å². The molecule has 1 heterocycles. The predicted molar refractivity (Wildman–Crippen MR) is 59.2 cm³/mol. The van der Waals surface area contributed by atoms with E-state index in [1.165, 1.54) is 13.0 Å². The average Bonchev–Trinajstić information content (AvgIpc) is 2.17. The highest BCUT2D eigenvalue weighted by atomic mass is 16.2. The Morgan fingerprint density at radius 2 is 1.93 bits per heavy atom. The zero-order chi connectivity index (χ0) is 11.0. The van der Waals surface area contributed by atoms with Gasteiger partial charge in [0.1, 0.15) is 0 Å². The summed E-state index contributed by atoms with van der Waals surface area (Å²) in [7, 11) is 0. The van der Waals surface area contributed by atoms with Gasteiger partial charge in [-0.2, -0.15) is 0 Å². The smallest absolute Gasteiger partial charge is 0.228 e. The first-order chi connectivity index (χ1) is 7.11. The largest absolute Gasteiger partial charge is 0.289 e. The molecule has 0 spiro atoms. The first kappa shape index (κ1) is 9.65. The summed E-state index contributed by atoms with van der Waals surface area (Å²) in [5.41, 5.74) is 1.31. The molecule has 3 nitrogen and oxygen atoms in total. The standard InChI is InChI=1S/C12H11NO2/c1-8-7-12(15)10-5-3-4-6-11(10)13(8)9(2)14/h3-7H,1-2H3. The third-order valence-corrected chi connectivity index (χ3v) is 2.42. The van der Waals surface area contributed by atoms with Crippen LogP contribution in [-0.4, -0.2) is 10.5 Å². The number of fused-ring (bicyclic) bond motifs is 1. The van der Waals surface area contributed by atoms with Crippen molar-refractivity contribution >= 4 is 16.8 Å². The Balaban J connectivity index is 3.03. The highest BCUT2D eigenvalue weighted by Crippen LogP contribution is 2.11. The van der Waals surface area contributed by atoms with Gasteiger partial charge in [0.15, 0.2) is 5.43 Å². The molecule has 0 N–H and O–H groups in total. The minimum absolute atomic E-state index is 0.0411. The summed E-state index contributed by atoms with van der Waals surface area (Å²) in [6.45, 7) is 3.25. The fraction of sp³-hybridized carbons (Fsp3) is 0.167. The Bertz CT molecular complexity index is 596. The summed E-state index contributed by atoms with van der Waals surface area (Å²) in [6.07, 6.45) is 0. The van der Waals surface area contributed by atoms with Gasteiger partial charge in [0.05, 0.1) is 5.52 Å². The first-order valence-electron chi connectivity index (χ1n) is 4.73. The van der Waals surface area contributed by atoms with Crippen LogP contribution in [-0.2, 0) is 0 Å². The van der Waals surface area contributed by atoms with E-state index in [9.17, 15) is 9.59 Å². The lowest BCUT2D eigenvalue weighted by Gasteiger charge is -2.10. The van der Waals surface area contributed by atoms with Crippen LogP contribution in [0.25, 0.3) is 10.9 Å². The molecule has 1 aromatic heterocycles. The number of aryl methyl sites for hydroxylation is 1. The van der Waals surface area contributed by atoms with Crippen molar-refractivity contribution in [2.45, 2.75) is 13.8 Å². The Morgan fingerprint density at radius 3 is 2.60 bits per heavy atom. The van der Waals surface area contributed by atoms with Crippen LogP contribution in [0.5, 0.6) is 0 Å². The summed E-state index contributed by atoms with van der Waals surface area (Å²) >= 11 is 0. The molecule has 0 aliphatic rings. The number of hydrogen-bond acceptors (Lipinski definition) is 2. The van der Waals surface area contributed by atoms with Gasteiger partial charge in [0.25, 0.3) is 0 Å². The lowest BCUT2D eigenvalue weighted by molar-refractivity contribution is 0.0939. The van der Waals surface area contributed by atoms with Gasteiger partial charge in [0, 0.05) is 24.1 Å². The van der Waals surface area contributed by atoms with E-state index in [4.69, 9.17) is 0 Å². The molecular formula is C12H11NO2. The average molecular weight is 201 g/mol. The molecule has 0 amide bonds. The van der Waals surface area contributed by atoms with Crippen LogP contribution in [0.1, 0.15) is 17.4 Å². The monoisotopic (exact) mass is 201 g/mol. The van der Waals surface area contributed by atoms with Crippen LogP contribution in [0.4, 0.5) is 0 Å². The van der Waals surface area contributed by atoms with E-state index < -0.39 is 0 Å². The van der Waals surface area contributed by atoms with Crippen LogP contribution in [0.15, 0.2) is 35.1 Å². The molecule has 15 heavy (non-hydrogen) atoms. The quantitative estimate of drug-likeness (QED) is 0.653. The van der Waals surface area contributed by atoms with Crippen molar-refractivity contribution in [2.75, 3.05) is 0 Å². The molecule has 0 fully saturated rings. The van der Waals surface area contributed by atoms with Crippen LogP contribution in [0.3, 0.4) is 0 Å². The number of carbonyl (C=O) groups excluding carboxylic acids is 1. The molecule has 0 atom stereocenters. The van der Waals surface area contributed by atoms with E-state index in [1.54, 1.807) is 29.7 Å². The van der Waals surface area contributed by atoms with Crippen LogP contribution in [0.2, 0.25) is 0 Å². The van der Waals surface area contributed by atoms with Gasteiger partial charge in [-0.1, -0.05) is 12.1 Å². The Labute approximate surface area is 87.0 Å². The van der Waals surface area contributed by atoms with Crippen molar-refractivity contribution in [3.05, 3.63) is 46.2 Å². The second-order valence-electron chi connectivity index (χ2n) is 3.52. The van der Waals surface area contributed by atoms with Crippen LogP contribution in [0, 0.1) is 6.92 Å². The minimum Gasteiger partial charge on any atom is -0.289 e. The zero-order valence-electron chi connectivity index (χ0n) is 8.65. The van der Waals surface area contributed by atoms with Gasteiger partial charge in [-0.25, -0.2) is 0 Å². The molecule has 76 valence electrons. The third kappa shape index (κ3) is 1.46. The summed E-state index contributed by atoms with van der Waals surface area (Å²) in [6, 6.07) is 8.62. The predicted octanol–water partition coefficient (Wildman–Crippen LogP) is 1.97. The van der Waals surface area contributed by atoms with Crippen LogP contribution >= 0.6 is 0 Å². The van der Waals surface area contributed by atoms with Gasteiger partial charge >= 0.3 is 0 Å². The maximum atomic E-state index is 11.6. The summed E-state index contributed by atoms with van der Waals surface area (Å²) in [5.74, 6) is -0.0799. The van der Waals surface area contributed by atoms with Crippen molar-refractivity contribution in [1.82, 2.24) is 4.57 Å². The van der Waals surface area contributed by atoms with Crippen molar-refractivity contribution in [3.63, 3.8) is 0 Å². The van der Waals surface area contributed by atoms with E-state index in [0.717, 1.165) is 0 Å². The molecular weight excluding hydrogens is 190 g/mol. The van der Waals surface area contributed by atoms with E-state index in [0.29, 0.717) is 16.6 Å². The molecule has 2 rings (SSSR count). The highest BCUT2D eigenvalue weighted by molar-refractivity contribution is 5.90. The van der Waals surface area contributed by atoms with Gasteiger partial charge in [-0.05, 0) is 19.1 Å². The number of carbonyl (C=O) groups is 1. The number of pyridine rings is 1. The second kappa shape index (κ2) is 3.35. The Hall–Kier alpha value is -1.90. The summed E-state index contributed by atoms with van der Waals surface area (Å²) in [4.78, 5) is 23.1. The van der Waals surface area contributed by atoms with Crippen LogP contribution < -0.4 is 5.43 Å². The minimum atomic E-state index is -0.0799. The van der Waals surface area contributed by atoms with Crippen molar-refractivity contribution in [1.29, 1.82) is 0 Å². The molecule has 0 radical (unpaired) electrons. The maximum absolute atomic E-state index is 11.6.